The predicted octanol–water partition coefficient (Wildman–Crippen LogP) is 10.4. The van der Waals surface area contributed by atoms with Crippen LogP contribution >= 0.6 is 0 Å². The molecule has 0 atom stereocenters. The van der Waals surface area contributed by atoms with E-state index in [1.54, 1.807) is 0 Å². The summed E-state index contributed by atoms with van der Waals surface area (Å²) in [5.74, 6) is 2.18. The van der Waals surface area contributed by atoms with E-state index in [0.717, 1.165) is 66.6 Å². The van der Waals surface area contributed by atoms with Gasteiger partial charge in [0.05, 0.1) is 16.7 Å². The molecule has 224 valence electrons. The highest BCUT2D eigenvalue weighted by molar-refractivity contribution is 6.09. The van der Waals surface area contributed by atoms with Crippen molar-refractivity contribution in [1.82, 2.24) is 24.9 Å². The highest BCUT2D eigenvalue weighted by Crippen LogP contribution is 2.36. The van der Waals surface area contributed by atoms with E-state index in [4.69, 9.17) is 24.9 Å². The molecular formula is C42H31N5. The van der Waals surface area contributed by atoms with Crippen LogP contribution in [0.5, 0.6) is 0 Å². The van der Waals surface area contributed by atoms with Crippen LogP contribution in [0.4, 0.5) is 0 Å². The van der Waals surface area contributed by atoms with Crippen LogP contribution in [0.2, 0.25) is 0 Å². The molecule has 47 heavy (non-hydrogen) atoms. The Labute approximate surface area is 273 Å². The van der Waals surface area contributed by atoms with Gasteiger partial charge in [0.1, 0.15) is 0 Å². The average molecular weight is 606 g/mol. The number of fused-ring (bicyclic) bond motifs is 3. The van der Waals surface area contributed by atoms with Crippen LogP contribution in [0, 0.1) is 0 Å². The first-order valence-electron chi connectivity index (χ1n) is 15.9. The fraction of sp³-hybridized carbons (Fsp3) is 0.0714. The third kappa shape index (κ3) is 5.53. The smallest absolute Gasteiger partial charge is 0.164 e. The molecule has 5 heteroatoms. The Morgan fingerprint density at radius 1 is 0.404 bits per heavy atom. The van der Waals surface area contributed by atoms with Gasteiger partial charge < -0.3 is 0 Å². The average Bonchev–Trinajstić information content (AvgIpc) is 3.15. The van der Waals surface area contributed by atoms with E-state index in [0.29, 0.717) is 23.4 Å². The molecule has 0 saturated heterocycles. The summed E-state index contributed by atoms with van der Waals surface area (Å²) in [5.41, 5.74) is 9.72. The topological polar surface area (TPSA) is 64.5 Å². The van der Waals surface area contributed by atoms with E-state index < -0.39 is 0 Å². The Morgan fingerprint density at radius 2 is 0.936 bits per heavy atom. The molecule has 8 aromatic rings. The Bertz CT molecular complexity index is 2310. The van der Waals surface area contributed by atoms with Gasteiger partial charge in [0.15, 0.2) is 17.5 Å². The lowest BCUT2D eigenvalue weighted by molar-refractivity contribution is 0.830. The van der Waals surface area contributed by atoms with E-state index in [9.17, 15) is 0 Å². The number of rotatable bonds is 6. The summed E-state index contributed by atoms with van der Waals surface area (Å²) in [7, 11) is 0. The second-order valence-electron chi connectivity index (χ2n) is 12.0. The summed E-state index contributed by atoms with van der Waals surface area (Å²) in [6.45, 7) is 4.35. The van der Waals surface area contributed by atoms with Gasteiger partial charge in [-0.2, -0.15) is 0 Å². The first kappa shape index (κ1) is 28.4. The van der Waals surface area contributed by atoms with E-state index >= 15 is 0 Å². The van der Waals surface area contributed by atoms with Gasteiger partial charge >= 0.3 is 0 Å². The van der Waals surface area contributed by atoms with E-state index in [-0.39, 0.29) is 0 Å². The van der Waals surface area contributed by atoms with Crippen molar-refractivity contribution in [1.29, 1.82) is 0 Å². The first-order valence-corrected chi connectivity index (χ1v) is 15.9. The molecule has 0 aliphatic carbocycles. The summed E-state index contributed by atoms with van der Waals surface area (Å²) < 4.78 is 0. The molecule has 5 aromatic carbocycles. The predicted molar refractivity (Wildman–Crippen MR) is 192 cm³/mol. The third-order valence-corrected chi connectivity index (χ3v) is 8.45. The molecule has 0 saturated carbocycles. The largest absolute Gasteiger partial charge is 0.250 e. The summed E-state index contributed by atoms with van der Waals surface area (Å²) >= 11 is 0. The SMILES string of the molecule is CC(C)c1ccc2ccc3c(-c4ccccc4)cc(-c4cccc(-c5nc(-c6ccccc6)nc(-c6ccccc6)n5)c4)nc3c2n1. The highest BCUT2D eigenvalue weighted by Gasteiger charge is 2.16. The Kier molecular flexibility index (Phi) is 7.27. The zero-order valence-electron chi connectivity index (χ0n) is 26.2. The summed E-state index contributed by atoms with van der Waals surface area (Å²) in [4.78, 5) is 25.2. The van der Waals surface area contributed by atoms with Crippen molar-refractivity contribution < 1.29 is 0 Å². The van der Waals surface area contributed by atoms with Gasteiger partial charge in [-0.1, -0.05) is 141 Å². The maximum absolute atomic E-state index is 5.31. The molecule has 0 aliphatic heterocycles. The van der Waals surface area contributed by atoms with E-state index in [1.165, 1.54) is 0 Å². The standard InChI is InChI=1S/C42H31N5/c1-27(2)36-24-22-29-21-23-34-35(28-13-6-3-7-14-28)26-37(44-39(34)38(29)43-36)32-19-12-20-33(25-32)42-46-40(30-15-8-4-9-16-30)45-41(47-42)31-17-10-5-11-18-31/h3-27H,1-2H3. The second kappa shape index (κ2) is 12.0. The van der Waals surface area contributed by atoms with Crippen molar-refractivity contribution >= 4 is 21.8 Å². The van der Waals surface area contributed by atoms with Crippen LogP contribution < -0.4 is 0 Å². The summed E-state index contributed by atoms with van der Waals surface area (Å²) in [6, 6.07) is 49.7. The fourth-order valence-corrected chi connectivity index (χ4v) is 5.97. The van der Waals surface area contributed by atoms with Crippen molar-refractivity contribution in [3.05, 3.63) is 151 Å². The number of pyridine rings is 2. The van der Waals surface area contributed by atoms with Crippen LogP contribution in [-0.2, 0) is 0 Å². The molecule has 0 unspecified atom stereocenters. The Balaban J connectivity index is 1.33. The van der Waals surface area contributed by atoms with Crippen LogP contribution in [0.3, 0.4) is 0 Å². The number of aromatic nitrogens is 5. The minimum absolute atomic E-state index is 0.310. The van der Waals surface area contributed by atoms with E-state index in [1.807, 2.05) is 78.9 Å². The zero-order valence-corrected chi connectivity index (χ0v) is 26.2. The van der Waals surface area contributed by atoms with E-state index in [2.05, 4.69) is 80.6 Å². The minimum Gasteiger partial charge on any atom is -0.250 e. The van der Waals surface area contributed by atoms with Crippen LogP contribution in [0.15, 0.2) is 146 Å². The lowest BCUT2D eigenvalue weighted by Gasteiger charge is -2.14. The van der Waals surface area contributed by atoms with Crippen LogP contribution in [0.25, 0.3) is 78.4 Å². The molecule has 5 nitrogen and oxygen atoms in total. The van der Waals surface area contributed by atoms with Gasteiger partial charge in [-0.3, -0.25) is 4.98 Å². The summed E-state index contributed by atoms with van der Waals surface area (Å²) in [5, 5.41) is 2.15. The highest BCUT2D eigenvalue weighted by atomic mass is 15.0. The normalized spacial score (nSPS) is 11.4. The molecule has 0 radical (unpaired) electrons. The van der Waals surface area contributed by atoms with Gasteiger partial charge in [0, 0.05) is 38.7 Å². The maximum Gasteiger partial charge on any atom is 0.164 e. The maximum atomic E-state index is 5.31. The van der Waals surface area contributed by atoms with Gasteiger partial charge in [0.25, 0.3) is 0 Å². The Morgan fingerprint density at radius 3 is 1.55 bits per heavy atom. The first-order chi connectivity index (χ1) is 23.1. The molecule has 0 bridgehead atoms. The molecule has 0 aliphatic rings. The van der Waals surface area contributed by atoms with Crippen LogP contribution in [-0.4, -0.2) is 24.9 Å². The fourth-order valence-electron chi connectivity index (χ4n) is 5.97. The zero-order chi connectivity index (χ0) is 31.7. The lowest BCUT2D eigenvalue weighted by Crippen LogP contribution is -2.00. The van der Waals surface area contributed by atoms with Crippen molar-refractivity contribution in [2.75, 3.05) is 0 Å². The lowest BCUT2D eigenvalue weighted by atomic mass is 9.96. The second-order valence-corrected chi connectivity index (χ2v) is 12.0. The number of nitrogens with zero attached hydrogens (tertiary/aromatic N) is 5. The van der Waals surface area contributed by atoms with Gasteiger partial charge in [0.2, 0.25) is 0 Å². The van der Waals surface area contributed by atoms with Crippen LogP contribution in [0.1, 0.15) is 25.5 Å². The van der Waals surface area contributed by atoms with Gasteiger partial charge in [-0.05, 0) is 35.2 Å². The Hall–Kier alpha value is -6.07. The molecule has 8 rings (SSSR count). The number of hydrogen-bond donors (Lipinski definition) is 0. The van der Waals surface area contributed by atoms with Crippen molar-refractivity contribution in [3.8, 4) is 56.5 Å². The monoisotopic (exact) mass is 605 g/mol. The molecule has 0 spiro atoms. The molecule has 0 N–H and O–H groups in total. The quantitative estimate of drug-likeness (QED) is 0.176. The summed E-state index contributed by atoms with van der Waals surface area (Å²) in [6.07, 6.45) is 0. The minimum atomic E-state index is 0.310. The number of hydrogen-bond acceptors (Lipinski definition) is 5. The molecule has 0 amide bonds. The van der Waals surface area contributed by atoms with Crippen molar-refractivity contribution in [2.45, 2.75) is 19.8 Å². The molecular weight excluding hydrogens is 574 g/mol. The molecule has 3 aromatic heterocycles. The number of benzene rings is 5. The van der Waals surface area contributed by atoms with Crippen molar-refractivity contribution in [3.63, 3.8) is 0 Å². The van der Waals surface area contributed by atoms with Gasteiger partial charge in [-0.25, -0.2) is 19.9 Å². The van der Waals surface area contributed by atoms with Gasteiger partial charge in [-0.15, -0.1) is 0 Å². The molecule has 3 heterocycles. The third-order valence-electron chi connectivity index (χ3n) is 8.45. The van der Waals surface area contributed by atoms with Crippen molar-refractivity contribution in [2.24, 2.45) is 0 Å². The molecule has 0 fully saturated rings.